The Bertz CT molecular complexity index is 955. The van der Waals surface area contributed by atoms with E-state index in [1.54, 1.807) is 31.2 Å². The van der Waals surface area contributed by atoms with Crippen LogP contribution in [0, 0.1) is 13.8 Å². The smallest absolute Gasteiger partial charge is 0.251 e. The van der Waals surface area contributed by atoms with Gasteiger partial charge in [0.25, 0.3) is 5.91 Å². The Morgan fingerprint density at radius 2 is 1.70 bits per heavy atom. The Labute approximate surface area is 159 Å². The number of hydrogen-bond donors (Lipinski definition) is 3. The van der Waals surface area contributed by atoms with E-state index in [9.17, 15) is 18.0 Å². The molecule has 27 heavy (non-hydrogen) atoms. The molecule has 0 unspecified atom stereocenters. The molecule has 7 nitrogen and oxygen atoms in total. The molecule has 2 aromatic rings. The van der Waals surface area contributed by atoms with Crippen molar-refractivity contribution in [3.05, 3.63) is 59.2 Å². The van der Waals surface area contributed by atoms with Crippen LogP contribution in [0.15, 0.2) is 47.4 Å². The lowest BCUT2D eigenvalue weighted by atomic mass is 10.1. The molecule has 0 aliphatic heterocycles. The molecule has 2 amide bonds. The molecule has 0 fully saturated rings. The highest BCUT2D eigenvalue weighted by atomic mass is 32.2. The van der Waals surface area contributed by atoms with Gasteiger partial charge in [0.15, 0.2) is 0 Å². The van der Waals surface area contributed by atoms with Crippen LogP contribution in [0.1, 0.15) is 27.9 Å². The lowest BCUT2D eigenvalue weighted by molar-refractivity contribution is -0.116. The molecule has 0 aliphatic rings. The molecule has 144 valence electrons. The van der Waals surface area contributed by atoms with Crippen molar-refractivity contribution in [3.8, 4) is 0 Å². The molecule has 3 N–H and O–H groups in total. The standard InChI is InChI=1S/C19H23N3O4S/c1-13-6-4-5-7-16(13)19(24)21-11-10-18(23)22-15-9-8-14(2)17(12-15)27(25,26)20-3/h4-9,12,20H,10-11H2,1-3H3,(H,21,24)(H,22,23). The van der Waals surface area contributed by atoms with Crippen LogP contribution in [-0.2, 0) is 14.8 Å². The van der Waals surface area contributed by atoms with Crippen molar-refractivity contribution in [2.45, 2.75) is 25.2 Å². The zero-order chi connectivity index (χ0) is 20.0. The topological polar surface area (TPSA) is 104 Å². The first-order chi connectivity index (χ1) is 12.7. The van der Waals surface area contributed by atoms with Gasteiger partial charge in [-0.15, -0.1) is 0 Å². The molecular formula is C19H23N3O4S. The number of sulfonamides is 1. The fourth-order valence-electron chi connectivity index (χ4n) is 2.51. The minimum atomic E-state index is -3.61. The highest BCUT2D eigenvalue weighted by Crippen LogP contribution is 2.20. The van der Waals surface area contributed by atoms with E-state index in [4.69, 9.17) is 0 Å². The van der Waals surface area contributed by atoms with Gasteiger partial charge in [0, 0.05) is 24.2 Å². The van der Waals surface area contributed by atoms with E-state index in [2.05, 4.69) is 15.4 Å². The van der Waals surface area contributed by atoms with Gasteiger partial charge in [-0.3, -0.25) is 9.59 Å². The van der Waals surface area contributed by atoms with Crippen molar-refractivity contribution in [2.24, 2.45) is 0 Å². The number of aryl methyl sites for hydroxylation is 2. The predicted octanol–water partition coefficient (Wildman–Crippen LogP) is 1.97. The number of nitrogens with one attached hydrogen (secondary N) is 3. The van der Waals surface area contributed by atoms with Crippen LogP contribution in [0.4, 0.5) is 5.69 Å². The summed E-state index contributed by atoms with van der Waals surface area (Å²) in [7, 11) is -2.28. The summed E-state index contributed by atoms with van der Waals surface area (Å²) in [6.45, 7) is 3.69. The maximum atomic E-state index is 12.1. The highest BCUT2D eigenvalue weighted by molar-refractivity contribution is 7.89. The lowest BCUT2D eigenvalue weighted by Crippen LogP contribution is -2.28. The number of rotatable bonds is 7. The third-order valence-corrected chi connectivity index (χ3v) is 5.61. The number of hydrogen-bond acceptors (Lipinski definition) is 4. The maximum absolute atomic E-state index is 12.1. The molecule has 0 radical (unpaired) electrons. The Hall–Kier alpha value is -2.71. The first-order valence-corrected chi connectivity index (χ1v) is 9.91. The third kappa shape index (κ3) is 5.38. The van der Waals surface area contributed by atoms with Crippen molar-refractivity contribution in [2.75, 3.05) is 18.9 Å². The van der Waals surface area contributed by atoms with Gasteiger partial charge in [0.2, 0.25) is 15.9 Å². The zero-order valence-electron chi connectivity index (χ0n) is 15.5. The largest absolute Gasteiger partial charge is 0.352 e. The molecule has 8 heteroatoms. The fourth-order valence-corrected chi connectivity index (χ4v) is 3.51. The van der Waals surface area contributed by atoms with Crippen molar-refractivity contribution >= 4 is 27.5 Å². The summed E-state index contributed by atoms with van der Waals surface area (Å²) >= 11 is 0. The van der Waals surface area contributed by atoms with E-state index in [0.717, 1.165) is 5.56 Å². The van der Waals surface area contributed by atoms with Crippen molar-refractivity contribution < 1.29 is 18.0 Å². The predicted molar refractivity (Wildman–Crippen MR) is 104 cm³/mol. The summed E-state index contributed by atoms with van der Waals surface area (Å²) in [5.41, 5.74) is 2.38. The molecule has 2 rings (SSSR count). The molecule has 0 bridgehead atoms. The van der Waals surface area contributed by atoms with Crippen LogP contribution in [0.5, 0.6) is 0 Å². The normalized spacial score (nSPS) is 11.1. The van der Waals surface area contributed by atoms with Crippen molar-refractivity contribution in [1.82, 2.24) is 10.0 Å². The molecular weight excluding hydrogens is 366 g/mol. The zero-order valence-corrected chi connectivity index (χ0v) is 16.3. The molecule has 0 saturated heterocycles. The quantitative estimate of drug-likeness (QED) is 0.673. The third-order valence-electron chi connectivity index (χ3n) is 4.06. The van der Waals surface area contributed by atoms with Crippen LogP contribution >= 0.6 is 0 Å². The first kappa shape index (κ1) is 20.6. The fraction of sp³-hybridized carbons (Fsp3) is 0.263. The minimum Gasteiger partial charge on any atom is -0.352 e. The molecule has 0 atom stereocenters. The minimum absolute atomic E-state index is 0.0691. The Morgan fingerprint density at radius 1 is 1.00 bits per heavy atom. The first-order valence-electron chi connectivity index (χ1n) is 8.42. The maximum Gasteiger partial charge on any atom is 0.251 e. The average Bonchev–Trinajstić information content (AvgIpc) is 2.63. The second-order valence-corrected chi connectivity index (χ2v) is 7.91. The van der Waals surface area contributed by atoms with Gasteiger partial charge < -0.3 is 10.6 Å². The van der Waals surface area contributed by atoms with Crippen LogP contribution in [0.2, 0.25) is 0 Å². The van der Waals surface area contributed by atoms with Gasteiger partial charge >= 0.3 is 0 Å². The van der Waals surface area contributed by atoms with Crippen LogP contribution in [0.3, 0.4) is 0 Å². The molecule has 0 spiro atoms. The summed E-state index contributed by atoms with van der Waals surface area (Å²) in [6.07, 6.45) is 0.0691. The second kappa shape index (κ2) is 8.79. The highest BCUT2D eigenvalue weighted by Gasteiger charge is 2.16. The van der Waals surface area contributed by atoms with E-state index in [1.807, 2.05) is 19.1 Å². The molecule has 0 aromatic heterocycles. The van der Waals surface area contributed by atoms with Gasteiger partial charge in [-0.1, -0.05) is 24.3 Å². The number of anilines is 1. The van der Waals surface area contributed by atoms with E-state index in [1.165, 1.54) is 13.1 Å². The van der Waals surface area contributed by atoms with E-state index >= 15 is 0 Å². The summed E-state index contributed by atoms with van der Waals surface area (Å²) in [4.78, 5) is 24.3. The van der Waals surface area contributed by atoms with E-state index in [-0.39, 0.29) is 29.7 Å². The van der Waals surface area contributed by atoms with Gasteiger partial charge in [0.05, 0.1) is 4.90 Å². The summed E-state index contributed by atoms with van der Waals surface area (Å²) in [5.74, 6) is -0.560. The Morgan fingerprint density at radius 3 is 2.37 bits per heavy atom. The van der Waals surface area contributed by atoms with Crippen LogP contribution in [-0.4, -0.2) is 33.8 Å². The van der Waals surface area contributed by atoms with Crippen LogP contribution < -0.4 is 15.4 Å². The van der Waals surface area contributed by atoms with E-state index in [0.29, 0.717) is 16.8 Å². The summed E-state index contributed by atoms with van der Waals surface area (Å²) in [5, 5.41) is 5.35. The molecule has 0 saturated carbocycles. The SMILES string of the molecule is CNS(=O)(=O)c1cc(NC(=O)CCNC(=O)c2ccccc2C)ccc1C. The van der Waals surface area contributed by atoms with Gasteiger partial charge in [-0.2, -0.15) is 0 Å². The Kier molecular flexibility index (Phi) is 6.70. The number of benzene rings is 2. The lowest BCUT2D eigenvalue weighted by Gasteiger charge is -2.11. The molecule has 2 aromatic carbocycles. The van der Waals surface area contributed by atoms with Gasteiger partial charge in [0.1, 0.15) is 0 Å². The van der Waals surface area contributed by atoms with Crippen molar-refractivity contribution in [1.29, 1.82) is 0 Å². The van der Waals surface area contributed by atoms with E-state index < -0.39 is 10.0 Å². The van der Waals surface area contributed by atoms with Crippen LogP contribution in [0.25, 0.3) is 0 Å². The monoisotopic (exact) mass is 389 g/mol. The number of carbonyl (C=O) groups is 2. The van der Waals surface area contributed by atoms with Gasteiger partial charge in [-0.25, -0.2) is 13.1 Å². The summed E-state index contributed by atoms with van der Waals surface area (Å²) in [6, 6.07) is 11.9. The average molecular weight is 389 g/mol. The number of carbonyl (C=O) groups excluding carboxylic acids is 2. The van der Waals surface area contributed by atoms with Crippen molar-refractivity contribution in [3.63, 3.8) is 0 Å². The second-order valence-electron chi connectivity index (χ2n) is 6.06. The molecule has 0 aliphatic carbocycles. The summed E-state index contributed by atoms with van der Waals surface area (Å²) < 4.78 is 26.3. The Balaban J connectivity index is 1.94. The number of amides is 2. The molecule has 0 heterocycles. The van der Waals surface area contributed by atoms with Gasteiger partial charge in [-0.05, 0) is 50.2 Å².